The van der Waals surface area contributed by atoms with Crippen molar-refractivity contribution < 1.29 is 12.6 Å². The molecule has 0 fully saturated rings. The molecule has 0 aliphatic carbocycles. The molecule has 0 bridgehead atoms. The molecule has 0 atom stereocenters. The van der Waals surface area contributed by atoms with Gasteiger partial charge < -0.3 is 0 Å². The molecule has 1 aromatic carbocycles. The summed E-state index contributed by atoms with van der Waals surface area (Å²) in [5.41, 5.74) is 0. The number of benzene rings is 1. The third kappa shape index (κ3) is 3.79. The summed E-state index contributed by atoms with van der Waals surface area (Å²) >= 11 is 0. The Morgan fingerprint density at radius 1 is 1.23 bits per heavy atom. The van der Waals surface area contributed by atoms with Crippen LogP contribution >= 0.6 is 0 Å². The normalized spacial score (nSPS) is 10.5. The molecule has 1 aromatic rings. The molecule has 0 heterocycles. The molecule has 0 spiro atoms. The van der Waals surface area contributed by atoms with Crippen molar-refractivity contribution in [3.63, 3.8) is 0 Å². The summed E-state index contributed by atoms with van der Waals surface area (Å²) in [6.07, 6.45) is 0. The second kappa shape index (κ2) is 5.78. The van der Waals surface area contributed by atoms with Crippen LogP contribution in [-0.4, -0.2) is 44.6 Å². The van der Waals surface area contributed by atoms with Gasteiger partial charge in [-0.2, -0.15) is 8.42 Å². The van der Waals surface area contributed by atoms with Gasteiger partial charge in [0.05, 0.1) is 11.5 Å². The predicted octanol–water partition coefficient (Wildman–Crippen LogP) is 1.03. The van der Waals surface area contributed by atoms with Crippen LogP contribution in [0.3, 0.4) is 0 Å². The Morgan fingerprint density at radius 3 is 2.23 bits per heavy atom. The largest absolute Gasteiger partial charge is 0.296 e. The molecule has 0 amide bonds. The first-order valence-corrected chi connectivity index (χ1v) is 5.02. The minimum atomic E-state index is -3.51. The van der Waals surface area contributed by atoms with Crippen LogP contribution in [0.15, 0.2) is 35.2 Å². The molecule has 3 nitrogen and oxygen atoms in total. The van der Waals surface area contributed by atoms with Crippen molar-refractivity contribution in [3.05, 3.63) is 30.3 Å². The van der Waals surface area contributed by atoms with Gasteiger partial charge in [-0.15, -0.1) is 0 Å². The summed E-state index contributed by atoms with van der Waals surface area (Å²) in [5, 5.41) is 0. The van der Waals surface area contributed by atoms with E-state index in [1.165, 1.54) is 12.1 Å². The van der Waals surface area contributed by atoms with Crippen molar-refractivity contribution in [3.8, 4) is 0 Å². The summed E-state index contributed by atoms with van der Waals surface area (Å²) in [6, 6.07) is 8.08. The van der Waals surface area contributed by atoms with E-state index in [0.29, 0.717) is 0 Å². The average Bonchev–Trinajstić information content (AvgIpc) is 2.06. The summed E-state index contributed by atoms with van der Waals surface area (Å²) in [4.78, 5) is 0.201. The van der Waals surface area contributed by atoms with E-state index in [1.807, 2.05) is 0 Å². The minimum Gasteiger partial charge on any atom is -0.267 e. The smallest absolute Gasteiger partial charge is 0.267 e. The average molecular weight is 209 g/mol. The molecule has 5 heteroatoms. The van der Waals surface area contributed by atoms with Gasteiger partial charge in [-0.1, -0.05) is 18.2 Å². The van der Waals surface area contributed by atoms with Gasteiger partial charge in [0.25, 0.3) is 10.1 Å². The topological polar surface area (TPSA) is 43.4 Å². The van der Waals surface area contributed by atoms with Crippen molar-refractivity contribution in [1.29, 1.82) is 0 Å². The predicted molar refractivity (Wildman–Crippen MR) is 51.0 cm³/mol. The van der Waals surface area contributed by atoms with E-state index in [0.717, 1.165) is 0 Å². The van der Waals surface area contributed by atoms with E-state index in [9.17, 15) is 8.42 Å². The second-order valence-electron chi connectivity index (χ2n) is 2.17. The van der Waals surface area contributed by atoms with Crippen LogP contribution in [0.1, 0.15) is 6.92 Å². The van der Waals surface area contributed by atoms with Crippen LogP contribution in [0.25, 0.3) is 0 Å². The number of hydrogen-bond donors (Lipinski definition) is 0. The molecule has 0 aliphatic rings. The summed E-state index contributed by atoms with van der Waals surface area (Å²) in [5.74, 6) is 0. The van der Waals surface area contributed by atoms with Crippen LogP contribution in [0.4, 0.5) is 0 Å². The maximum Gasteiger partial charge on any atom is 0.296 e. The van der Waals surface area contributed by atoms with E-state index in [-0.39, 0.29) is 41.1 Å². The fourth-order valence-corrected chi connectivity index (χ4v) is 1.75. The zero-order chi connectivity index (χ0) is 9.03. The van der Waals surface area contributed by atoms with E-state index >= 15 is 0 Å². The van der Waals surface area contributed by atoms with Crippen molar-refractivity contribution >= 4 is 39.7 Å². The Balaban J connectivity index is 0.00000144. The molecule has 0 aliphatic heterocycles. The van der Waals surface area contributed by atoms with E-state index < -0.39 is 10.1 Å². The fraction of sp³-hybridized carbons (Fsp3) is 0.250. The molecular formula is C8H10NaO3S. The molecule has 0 aromatic heterocycles. The Labute approximate surface area is 101 Å². The monoisotopic (exact) mass is 209 g/mol. The van der Waals surface area contributed by atoms with Crippen molar-refractivity contribution in [2.75, 3.05) is 6.61 Å². The Hall–Kier alpha value is 0.130. The van der Waals surface area contributed by atoms with Gasteiger partial charge in [0.15, 0.2) is 0 Å². The third-order valence-electron chi connectivity index (χ3n) is 1.30. The molecule has 0 N–H and O–H groups in total. The fourth-order valence-electron chi connectivity index (χ4n) is 0.810. The van der Waals surface area contributed by atoms with Gasteiger partial charge in [-0.25, -0.2) is 0 Å². The van der Waals surface area contributed by atoms with Crippen LogP contribution in [0, 0.1) is 0 Å². The maximum absolute atomic E-state index is 11.2. The van der Waals surface area contributed by atoms with E-state index in [1.54, 1.807) is 25.1 Å². The standard InChI is InChI=1S/C8H10O3S.Na/c1-2-11-12(9,10)8-6-4-3-5-7-8;/h3-7H,2H2,1H3;. The molecule has 1 radical (unpaired) electrons. The van der Waals surface area contributed by atoms with Gasteiger partial charge in [0.2, 0.25) is 0 Å². The summed E-state index contributed by atoms with van der Waals surface area (Å²) in [7, 11) is -3.51. The first-order chi connectivity index (χ1) is 5.67. The van der Waals surface area contributed by atoms with Crippen LogP contribution in [-0.2, 0) is 14.3 Å². The van der Waals surface area contributed by atoms with Crippen LogP contribution in [0.2, 0.25) is 0 Å². The van der Waals surface area contributed by atoms with Crippen molar-refractivity contribution in [2.24, 2.45) is 0 Å². The summed E-state index contributed by atoms with van der Waals surface area (Å²) in [6.45, 7) is 1.80. The Bertz CT molecular complexity index is 334. The quantitative estimate of drug-likeness (QED) is 0.551. The Kier molecular flexibility index (Phi) is 5.83. The number of rotatable bonds is 3. The molecular weight excluding hydrogens is 199 g/mol. The molecule has 1 rings (SSSR count). The van der Waals surface area contributed by atoms with Gasteiger partial charge in [0.1, 0.15) is 0 Å². The van der Waals surface area contributed by atoms with Gasteiger partial charge >= 0.3 is 0 Å². The van der Waals surface area contributed by atoms with Crippen molar-refractivity contribution in [2.45, 2.75) is 11.8 Å². The van der Waals surface area contributed by atoms with Gasteiger partial charge in [-0.3, -0.25) is 4.18 Å². The van der Waals surface area contributed by atoms with Crippen LogP contribution in [0.5, 0.6) is 0 Å². The third-order valence-corrected chi connectivity index (χ3v) is 2.70. The Morgan fingerprint density at radius 2 is 1.77 bits per heavy atom. The first-order valence-electron chi connectivity index (χ1n) is 3.61. The van der Waals surface area contributed by atoms with Gasteiger partial charge in [0, 0.05) is 29.6 Å². The number of hydrogen-bond acceptors (Lipinski definition) is 3. The molecule has 13 heavy (non-hydrogen) atoms. The molecule has 0 unspecified atom stereocenters. The maximum atomic E-state index is 11.2. The van der Waals surface area contributed by atoms with Crippen molar-refractivity contribution in [1.82, 2.24) is 0 Å². The van der Waals surface area contributed by atoms with Crippen LogP contribution < -0.4 is 0 Å². The minimum absolute atomic E-state index is 0. The first kappa shape index (κ1) is 13.1. The second-order valence-corrected chi connectivity index (χ2v) is 3.79. The zero-order valence-electron chi connectivity index (χ0n) is 7.73. The zero-order valence-corrected chi connectivity index (χ0v) is 10.5. The van der Waals surface area contributed by atoms with Gasteiger partial charge in [-0.05, 0) is 19.1 Å². The molecule has 67 valence electrons. The van der Waals surface area contributed by atoms with E-state index in [2.05, 4.69) is 4.18 Å². The summed E-state index contributed by atoms with van der Waals surface area (Å²) < 4.78 is 27.0. The van der Waals surface area contributed by atoms with E-state index in [4.69, 9.17) is 0 Å². The molecule has 0 saturated heterocycles. The molecule has 0 saturated carbocycles. The SMILES string of the molecule is CCOS(=O)(=O)c1ccccc1.[Na].